The van der Waals surface area contributed by atoms with Crippen LogP contribution in [-0.2, 0) is 9.47 Å². The number of benzene rings is 2. The largest absolute Gasteiger partial charge is 0.462 e. The molecule has 0 aliphatic carbocycles. The van der Waals surface area contributed by atoms with Gasteiger partial charge in [0.1, 0.15) is 0 Å². The lowest BCUT2D eigenvalue weighted by Crippen LogP contribution is -2.41. The summed E-state index contributed by atoms with van der Waals surface area (Å²) in [5, 5.41) is 8.44. The molecule has 10 nitrogen and oxygen atoms in total. The van der Waals surface area contributed by atoms with Crippen molar-refractivity contribution in [2.24, 2.45) is 0 Å². The third kappa shape index (κ3) is 7.69. The summed E-state index contributed by atoms with van der Waals surface area (Å²) in [6.45, 7) is 6.45. The third-order valence-corrected chi connectivity index (χ3v) is 5.45. The van der Waals surface area contributed by atoms with Crippen molar-refractivity contribution in [1.29, 1.82) is 0 Å². The number of nitrogens with zero attached hydrogens (tertiary/aromatic N) is 2. The smallest absolute Gasteiger partial charge is 0.338 e. The lowest BCUT2D eigenvalue weighted by Gasteiger charge is -2.26. The normalized spacial score (nSPS) is 13.6. The molecule has 1 aliphatic rings. The maximum absolute atomic E-state index is 12.9. The molecule has 0 aromatic heterocycles. The van der Waals surface area contributed by atoms with Gasteiger partial charge in [-0.25, -0.2) is 9.59 Å². The first-order valence-electron chi connectivity index (χ1n) is 11.6. The second kappa shape index (κ2) is 12.7. The van der Waals surface area contributed by atoms with Crippen molar-refractivity contribution in [3.05, 3.63) is 53.6 Å². The number of rotatable bonds is 9. The van der Waals surface area contributed by atoms with Crippen LogP contribution in [0.3, 0.4) is 0 Å². The van der Waals surface area contributed by atoms with Gasteiger partial charge in [0.25, 0.3) is 5.91 Å². The van der Waals surface area contributed by atoms with Gasteiger partial charge < -0.3 is 30.3 Å². The highest BCUT2D eigenvalue weighted by atomic mass is 16.5. The van der Waals surface area contributed by atoms with Crippen molar-refractivity contribution in [3.63, 3.8) is 0 Å². The Morgan fingerprint density at radius 3 is 2.31 bits per heavy atom. The van der Waals surface area contributed by atoms with Crippen molar-refractivity contribution in [2.45, 2.75) is 6.92 Å². The van der Waals surface area contributed by atoms with E-state index in [0.717, 1.165) is 25.3 Å². The van der Waals surface area contributed by atoms with E-state index in [2.05, 4.69) is 20.9 Å². The highest BCUT2D eigenvalue weighted by molar-refractivity contribution is 6.04. The average molecular weight is 484 g/mol. The number of anilines is 3. The molecule has 0 radical (unpaired) electrons. The summed E-state index contributed by atoms with van der Waals surface area (Å²) >= 11 is 0. The second-order valence-corrected chi connectivity index (χ2v) is 8.21. The first-order chi connectivity index (χ1) is 16.9. The minimum Gasteiger partial charge on any atom is -0.462 e. The number of carbonyl (C=O) groups excluding carboxylic acids is 3. The first-order valence-corrected chi connectivity index (χ1v) is 11.6. The fourth-order valence-corrected chi connectivity index (χ4v) is 3.63. The molecule has 35 heavy (non-hydrogen) atoms. The van der Waals surface area contributed by atoms with Crippen molar-refractivity contribution in [2.75, 3.05) is 75.6 Å². The molecule has 2 aromatic rings. The van der Waals surface area contributed by atoms with E-state index in [1.54, 1.807) is 49.4 Å². The van der Waals surface area contributed by atoms with Crippen LogP contribution in [0.25, 0.3) is 0 Å². The van der Waals surface area contributed by atoms with Gasteiger partial charge in [0, 0.05) is 57.3 Å². The average Bonchev–Trinajstić information content (AvgIpc) is 2.85. The highest BCUT2D eigenvalue weighted by Crippen LogP contribution is 2.23. The molecule has 1 saturated heterocycles. The van der Waals surface area contributed by atoms with Crippen molar-refractivity contribution < 1.29 is 23.9 Å². The standard InChI is InChI=1S/C25H33N5O5/c1-4-35-24(32)18-5-7-19(8-6-18)27-25(33)28-20-9-10-22(29(2)3)21(17-20)23(31)26-11-12-30-13-15-34-16-14-30/h5-10,17H,4,11-16H2,1-3H3,(H,26,31)(H2,27,28,33). The van der Waals surface area contributed by atoms with E-state index in [4.69, 9.17) is 9.47 Å². The van der Waals surface area contributed by atoms with E-state index < -0.39 is 12.0 Å². The number of nitrogens with one attached hydrogen (secondary N) is 3. The van der Waals surface area contributed by atoms with Gasteiger partial charge in [0.15, 0.2) is 0 Å². The lowest BCUT2D eigenvalue weighted by molar-refractivity contribution is 0.0383. The number of morpholine rings is 1. The number of ether oxygens (including phenoxy) is 2. The Balaban J connectivity index is 1.60. The van der Waals surface area contributed by atoms with E-state index in [0.29, 0.717) is 48.9 Å². The van der Waals surface area contributed by atoms with Crippen LogP contribution in [0.1, 0.15) is 27.6 Å². The van der Waals surface area contributed by atoms with Crippen LogP contribution >= 0.6 is 0 Å². The van der Waals surface area contributed by atoms with Crippen molar-refractivity contribution in [1.82, 2.24) is 10.2 Å². The minimum atomic E-state index is -0.467. The highest BCUT2D eigenvalue weighted by Gasteiger charge is 2.16. The van der Waals surface area contributed by atoms with Crippen LogP contribution in [0.2, 0.25) is 0 Å². The molecule has 0 spiro atoms. The van der Waals surface area contributed by atoms with Crippen molar-refractivity contribution in [3.8, 4) is 0 Å². The quantitative estimate of drug-likeness (QED) is 0.470. The van der Waals surface area contributed by atoms with E-state index >= 15 is 0 Å². The molecule has 0 bridgehead atoms. The molecule has 1 aliphatic heterocycles. The molecule has 3 N–H and O–H groups in total. The topological polar surface area (TPSA) is 112 Å². The summed E-state index contributed by atoms with van der Waals surface area (Å²) in [7, 11) is 3.72. The molecule has 0 unspecified atom stereocenters. The van der Waals surface area contributed by atoms with Crippen molar-refractivity contribution >= 4 is 35.0 Å². The predicted molar refractivity (Wildman–Crippen MR) is 135 cm³/mol. The number of esters is 1. The Morgan fingerprint density at radius 1 is 1.00 bits per heavy atom. The van der Waals surface area contributed by atoms with Gasteiger partial charge in [-0.2, -0.15) is 0 Å². The van der Waals surface area contributed by atoms with Gasteiger partial charge in [0.05, 0.1) is 30.9 Å². The first kappa shape index (κ1) is 26.0. The Kier molecular flexibility index (Phi) is 9.45. The number of hydrogen-bond acceptors (Lipinski definition) is 7. The number of hydrogen-bond donors (Lipinski definition) is 3. The zero-order valence-corrected chi connectivity index (χ0v) is 20.4. The molecule has 0 saturated carbocycles. The number of urea groups is 1. The summed E-state index contributed by atoms with van der Waals surface area (Å²) in [4.78, 5) is 41.3. The maximum Gasteiger partial charge on any atom is 0.338 e. The lowest BCUT2D eigenvalue weighted by atomic mass is 10.1. The second-order valence-electron chi connectivity index (χ2n) is 8.21. The van der Waals surface area contributed by atoms with E-state index in [9.17, 15) is 14.4 Å². The zero-order chi connectivity index (χ0) is 25.2. The molecular weight excluding hydrogens is 450 g/mol. The summed E-state index contributed by atoms with van der Waals surface area (Å²) in [5.74, 6) is -0.624. The summed E-state index contributed by atoms with van der Waals surface area (Å²) in [6.07, 6.45) is 0. The Morgan fingerprint density at radius 2 is 1.66 bits per heavy atom. The SMILES string of the molecule is CCOC(=O)c1ccc(NC(=O)Nc2ccc(N(C)C)c(C(=O)NCCN3CCOCC3)c2)cc1. The summed E-state index contributed by atoms with van der Waals surface area (Å²) in [6, 6.07) is 11.1. The molecular formula is C25H33N5O5. The fourth-order valence-electron chi connectivity index (χ4n) is 3.63. The van der Waals surface area contributed by atoms with Crippen LogP contribution in [0.4, 0.5) is 21.9 Å². The number of carbonyl (C=O) groups is 3. The van der Waals surface area contributed by atoms with Gasteiger partial charge in [-0.15, -0.1) is 0 Å². The summed E-state index contributed by atoms with van der Waals surface area (Å²) in [5.41, 5.74) is 2.61. The minimum absolute atomic E-state index is 0.208. The van der Waals surface area contributed by atoms with Gasteiger partial charge in [-0.1, -0.05) is 0 Å². The van der Waals surface area contributed by atoms with Crippen LogP contribution in [0.15, 0.2) is 42.5 Å². The molecule has 10 heteroatoms. The third-order valence-electron chi connectivity index (χ3n) is 5.45. The zero-order valence-electron chi connectivity index (χ0n) is 20.4. The molecule has 3 amide bonds. The van der Waals surface area contributed by atoms with E-state index in [1.165, 1.54) is 0 Å². The Hall–Kier alpha value is -3.63. The molecule has 188 valence electrons. The van der Waals surface area contributed by atoms with Gasteiger partial charge in [0.2, 0.25) is 0 Å². The van der Waals surface area contributed by atoms with Gasteiger partial charge in [-0.05, 0) is 49.4 Å². The monoisotopic (exact) mass is 483 g/mol. The van der Waals surface area contributed by atoms with Gasteiger partial charge >= 0.3 is 12.0 Å². The van der Waals surface area contributed by atoms with Crippen LogP contribution < -0.4 is 20.9 Å². The predicted octanol–water partition coefficient (Wildman–Crippen LogP) is 2.64. The molecule has 2 aromatic carbocycles. The molecule has 0 atom stereocenters. The van der Waals surface area contributed by atoms with Crippen LogP contribution in [0.5, 0.6) is 0 Å². The van der Waals surface area contributed by atoms with Crippen LogP contribution in [0, 0.1) is 0 Å². The molecule has 1 fully saturated rings. The number of amides is 3. The molecule has 3 rings (SSSR count). The fraction of sp³-hybridized carbons (Fsp3) is 0.400. The summed E-state index contributed by atoms with van der Waals surface area (Å²) < 4.78 is 10.3. The van der Waals surface area contributed by atoms with Gasteiger partial charge in [-0.3, -0.25) is 9.69 Å². The Labute approximate surface area is 205 Å². The van der Waals surface area contributed by atoms with Crippen LogP contribution in [-0.4, -0.2) is 82.9 Å². The van der Waals surface area contributed by atoms with E-state index in [1.807, 2.05) is 19.0 Å². The van der Waals surface area contributed by atoms with E-state index in [-0.39, 0.29) is 5.91 Å². The maximum atomic E-state index is 12.9. The Bertz CT molecular complexity index is 1020. The molecule has 1 heterocycles.